The van der Waals surface area contributed by atoms with E-state index in [9.17, 15) is 0 Å². The van der Waals surface area contributed by atoms with Crippen LogP contribution in [0.25, 0.3) is 0 Å². The zero-order valence-electron chi connectivity index (χ0n) is 19.8. The van der Waals surface area contributed by atoms with Crippen molar-refractivity contribution in [2.24, 2.45) is 4.99 Å². The molecule has 0 bridgehead atoms. The Morgan fingerprint density at radius 1 is 1.16 bits per heavy atom. The third-order valence-electron chi connectivity index (χ3n) is 5.32. The molecule has 0 spiro atoms. The molecule has 0 amide bonds. The number of rotatable bonds is 8. The SMILES string of the molecule is CCNC(=NCc1csc(C(C)C)n1)N1CCN(Cc2ccc(OC)c(OC)c2)CC1.I. The van der Waals surface area contributed by atoms with Crippen molar-refractivity contribution >= 4 is 41.3 Å². The van der Waals surface area contributed by atoms with Gasteiger partial charge in [0.25, 0.3) is 0 Å². The van der Waals surface area contributed by atoms with Gasteiger partial charge in [0.15, 0.2) is 17.5 Å². The highest BCUT2D eigenvalue weighted by Gasteiger charge is 2.20. The largest absolute Gasteiger partial charge is 0.493 e. The van der Waals surface area contributed by atoms with Gasteiger partial charge in [0, 0.05) is 50.6 Å². The van der Waals surface area contributed by atoms with E-state index in [1.54, 1.807) is 25.6 Å². The summed E-state index contributed by atoms with van der Waals surface area (Å²) in [6, 6.07) is 6.15. The second-order valence-corrected chi connectivity index (χ2v) is 8.84. The first-order valence-corrected chi connectivity index (χ1v) is 11.8. The minimum Gasteiger partial charge on any atom is -0.493 e. The van der Waals surface area contributed by atoms with Gasteiger partial charge in [-0.1, -0.05) is 19.9 Å². The fourth-order valence-corrected chi connectivity index (χ4v) is 4.42. The summed E-state index contributed by atoms with van der Waals surface area (Å²) in [5.41, 5.74) is 2.28. The van der Waals surface area contributed by atoms with Gasteiger partial charge in [-0.15, -0.1) is 35.3 Å². The highest BCUT2D eigenvalue weighted by Crippen LogP contribution is 2.28. The van der Waals surface area contributed by atoms with Crippen LogP contribution in [-0.4, -0.2) is 67.7 Å². The van der Waals surface area contributed by atoms with Crippen LogP contribution in [0.3, 0.4) is 0 Å². The molecule has 1 aliphatic heterocycles. The smallest absolute Gasteiger partial charge is 0.194 e. The zero-order valence-corrected chi connectivity index (χ0v) is 22.9. The van der Waals surface area contributed by atoms with Crippen LogP contribution in [-0.2, 0) is 13.1 Å². The highest BCUT2D eigenvalue weighted by molar-refractivity contribution is 14.0. The first-order valence-electron chi connectivity index (χ1n) is 10.9. The number of hydrogen-bond donors (Lipinski definition) is 1. The lowest BCUT2D eigenvalue weighted by atomic mass is 10.1. The number of guanidine groups is 1. The number of methoxy groups -OCH3 is 2. The number of piperazine rings is 1. The lowest BCUT2D eigenvalue weighted by Crippen LogP contribution is -2.52. The summed E-state index contributed by atoms with van der Waals surface area (Å²) in [6.07, 6.45) is 0. The highest BCUT2D eigenvalue weighted by atomic mass is 127. The van der Waals surface area contributed by atoms with Crippen molar-refractivity contribution in [1.29, 1.82) is 0 Å². The summed E-state index contributed by atoms with van der Waals surface area (Å²) in [6.45, 7) is 12.7. The van der Waals surface area contributed by atoms with Crippen LogP contribution in [0.15, 0.2) is 28.6 Å². The molecule has 1 fully saturated rings. The molecule has 0 radical (unpaired) electrons. The van der Waals surface area contributed by atoms with Crippen LogP contribution in [0.4, 0.5) is 0 Å². The van der Waals surface area contributed by atoms with Gasteiger partial charge < -0.3 is 19.7 Å². The van der Waals surface area contributed by atoms with Crippen molar-refractivity contribution in [2.75, 3.05) is 46.9 Å². The van der Waals surface area contributed by atoms with Gasteiger partial charge in [0.1, 0.15) is 0 Å². The van der Waals surface area contributed by atoms with E-state index in [0.29, 0.717) is 12.5 Å². The van der Waals surface area contributed by atoms with Gasteiger partial charge in [-0.05, 0) is 24.6 Å². The molecular weight excluding hydrogens is 537 g/mol. The molecule has 0 saturated carbocycles. The summed E-state index contributed by atoms with van der Waals surface area (Å²) >= 11 is 1.73. The molecule has 1 N–H and O–H groups in total. The fraction of sp³-hybridized carbons (Fsp3) is 0.565. The van der Waals surface area contributed by atoms with Crippen molar-refractivity contribution in [3.8, 4) is 11.5 Å². The molecule has 1 aromatic heterocycles. The maximum Gasteiger partial charge on any atom is 0.194 e. The second-order valence-electron chi connectivity index (χ2n) is 7.95. The molecule has 0 unspecified atom stereocenters. The van der Waals surface area contributed by atoms with Gasteiger partial charge in [-0.25, -0.2) is 9.98 Å². The molecular formula is C23H36IN5O2S. The van der Waals surface area contributed by atoms with E-state index in [2.05, 4.69) is 53.4 Å². The lowest BCUT2D eigenvalue weighted by molar-refractivity contribution is 0.172. The summed E-state index contributed by atoms with van der Waals surface area (Å²) in [7, 11) is 3.34. The Kier molecular flexibility index (Phi) is 11.0. The van der Waals surface area contributed by atoms with Crippen molar-refractivity contribution in [1.82, 2.24) is 20.1 Å². The number of nitrogens with one attached hydrogen (secondary N) is 1. The third-order valence-corrected chi connectivity index (χ3v) is 6.51. The molecule has 32 heavy (non-hydrogen) atoms. The minimum atomic E-state index is 0. The summed E-state index contributed by atoms with van der Waals surface area (Å²) < 4.78 is 10.8. The fourth-order valence-electron chi connectivity index (χ4n) is 3.60. The molecule has 1 aromatic carbocycles. The number of aromatic nitrogens is 1. The van der Waals surface area contributed by atoms with E-state index >= 15 is 0 Å². The molecule has 0 aliphatic carbocycles. The topological polar surface area (TPSA) is 62.2 Å². The molecule has 1 aliphatic rings. The van der Waals surface area contributed by atoms with Gasteiger partial charge in [-0.3, -0.25) is 4.90 Å². The molecule has 0 atom stereocenters. The van der Waals surface area contributed by atoms with Crippen molar-refractivity contribution in [3.05, 3.63) is 39.8 Å². The number of thiazole rings is 1. The Balaban J connectivity index is 0.00000363. The number of halogens is 1. The average molecular weight is 574 g/mol. The average Bonchev–Trinajstić information content (AvgIpc) is 3.26. The second kappa shape index (κ2) is 13.2. The molecule has 9 heteroatoms. The summed E-state index contributed by atoms with van der Waals surface area (Å²) in [5, 5.41) is 6.76. The zero-order chi connectivity index (χ0) is 22.2. The predicted octanol–water partition coefficient (Wildman–Crippen LogP) is 4.19. The number of ether oxygens (including phenoxy) is 2. The van der Waals surface area contributed by atoms with Gasteiger partial charge >= 0.3 is 0 Å². The Labute approximate surface area is 213 Å². The first kappa shape index (κ1) is 26.7. The maximum absolute atomic E-state index is 5.44. The Hall–Kier alpha value is -1.59. The van der Waals surface area contributed by atoms with Crippen LogP contribution in [0.1, 0.15) is 43.0 Å². The van der Waals surface area contributed by atoms with E-state index in [1.165, 1.54) is 10.6 Å². The predicted molar refractivity (Wildman–Crippen MR) is 143 cm³/mol. The Morgan fingerprint density at radius 2 is 1.88 bits per heavy atom. The van der Waals surface area contributed by atoms with Gasteiger partial charge in [-0.2, -0.15) is 0 Å². The first-order chi connectivity index (χ1) is 15.0. The summed E-state index contributed by atoms with van der Waals surface area (Å²) in [4.78, 5) is 14.4. The van der Waals surface area contributed by atoms with E-state index in [-0.39, 0.29) is 24.0 Å². The lowest BCUT2D eigenvalue weighted by Gasteiger charge is -2.36. The molecule has 1 saturated heterocycles. The monoisotopic (exact) mass is 573 g/mol. The van der Waals surface area contributed by atoms with Crippen LogP contribution in [0.2, 0.25) is 0 Å². The Morgan fingerprint density at radius 3 is 2.47 bits per heavy atom. The quantitative estimate of drug-likeness (QED) is 0.291. The molecule has 2 aromatic rings. The van der Waals surface area contributed by atoms with Crippen LogP contribution in [0.5, 0.6) is 11.5 Å². The molecule has 2 heterocycles. The standard InChI is InChI=1S/C23H35N5O2S.HI/c1-6-24-23(25-14-19-16-31-22(26-19)17(2)3)28-11-9-27(10-12-28)15-18-7-8-20(29-4)21(13-18)30-5;/h7-8,13,16-17H,6,9-12,14-15H2,1-5H3,(H,24,25);1H. The van der Waals surface area contributed by atoms with Gasteiger partial charge in [0.2, 0.25) is 0 Å². The van der Waals surface area contributed by atoms with E-state index in [4.69, 9.17) is 19.5 Å². The Bertz CT molecular complexity index is 866. The van der Waals surface area contributed by atoms with E-state index in [0.717, 1.165) is 62.4 Å². The maximum atomic E-state index is 5.44. The number of aliphatic imine (C=N–C) groups is 1. The molecule has 7 nitrogen and oxygen atoms in total. The molecule has 178 valence electrons. The van der Waals surface area contributed by atoms with Gasteiger partial charge in [0.05, 0.1) is 31.5 Å². The van der Waals surface area contributed by atoms with Crippen molar-refractivity contribution in [2.45, 2.75) is 39.8 Å². The molecule has 3 rings (SSSR count). The van der Waals surface area contributed by atoms with Crippen molar-refractivity contribution < 1.29 is 9.47 Å². The minimum absolute atomic E-state index is 0. The summed E-state index contributed by atoms with van der Waals surface area (Å²) in [5.74, 6) is 2.99. The van der Waals surface area contributed by atoms with Crippen molar-refractivity contribution in [3.63, 3.8) is 0 Å². The number of nitrogens with zero attached hydrogens (tertiary/aromatic N) is 4. The van der Waals surface area contributed by atoms with E-state index < -0.39 is 0 Å². The third kappa shape index (κ3) is 7.21. The van der Waals surface area contributed by atoms with Crippen LogP contribution >= 0.6 is 35.3 Å². The van der Waals surface area contributed by atoms with Crippen LogP contribution in [0, 0.1) is 0 Å². The number of hydrogen-bond acceptors (Lipinski definition) is 6. The van der Waals surface area contributed by atoms with E-state index in [1.807, 2.05) is 6.07 Å². The van der Waals surface area contributed by atoms with Crippen LogP contribution < -0.4 is 14.8 Å². The number of benzene rings is 1. The normalized spacial score (nSPS) is 14.9.